The molecule has 0 aromatic heterocycles. The van der Waals surface area contributed by atoms with Gasteiger partial charge in [-0.1, -0.05) is 12.0 Å². The Hall–Kier alpha value is -2.72. The summed E-state index contributed by atoms with van der Waals surface area (Å²) in [4.78, 5) is 1.94. The van der Waals surface area contributed by atoms with Crippen LogP contribution in [0.4, 0.5) is 0 Å². The quantitative estimate of drug-likeness (QED) is 0.464. The van der Waals surface area contributed by atoms with Crippen molar-refractivity contribution >= 4 is 0 Å². The van der Waals surface area contributed by atoms with Gasteiger partial charge in [0, 0.05) is 62.5 Å². The van der Waals surface area contributed by atoms with E-state index in [1.54, 1.807) is 13.1 Å². The zero-order valence-electron chi connectivity index (χ0n) is 11.5. The van der Waals surface area contributed by atoms with Gasteiger partial charge in [-0.25, -0.2) is 0 Å². The highest BCUT2D eigenvalue weighted by Crippen LogP contribution is 2.10. The van der Waals surface area contributed by atoms with Gasteiger partial charge in [-0.05, 0) is 23.8 Å². The molecule has 0 spiro atoms. The summed E-state index contributed by atoms with van der Waals surface area (Å²) in [7, 11) is 1.62. The third-order valence-corrected chi connectivity index (χ3v) is 2.46. The zero-order valence-corrected chi connectivity index (χ0v) is 11.5. The summed E-state index contributed by atoms with van der Waals surface area (Å²) in [5, 5.41) is 10.4. The molecule has 0 radical (unpaired) electrons. The molecule has 0 fully saturated rings. The van der Waals surface area contributed by atoms with Crippen molar-refractivity contribution in [2.75, 3.05) is 20.1 Å². The summed E-state index contributed by atoms with van der Waals surface area (Å²) in [5.41, 5.74) is 0.915. The Bertz CT molecular complexity index is 613. The van der Waals surface area contributed by atoms with Gasteiger partial charge in [-0.2, -0.15) is 0 Å². The molecule has 20 heavy (non-hydrogen) atoms. The smallest absolute Gasteiger partial charge is 0.0462 e. The molecular formula is C17H16N2O. The SMILES string of the molecule is C=CCC#CC#CC#CC#CN1CC=C(N(C)O)CC1. The summed E-state index contributed by atoms with van der Waals surface area (Å²) in [5.74, 6) is 18.7. The highest BCUT2D eigenvalue weighted by Gasteiger charge is 2.10. The third kappa shape index (κ3) is 6.28. The lowest BCUT2D eigenvalue weighted by molar-refractivity contribution is -0.0340. The summed E-state index contributed by atoms with van der Waals surface area (Å²) in [6.45, 7) is 5.03. The molecule has 0 aromatic carbocycles. The van der Waals surface area contributed by atoms with E-state index in [9.17, 15) is 5.21 Å². The third-order valence-electron chi connectivity index (χ3n) is 2.46. The molecule has 0 saturated carbocycles. The Morgan fingerprint density at radius 3 is 2.60 bits per heavy atom. The fourth-order valence-electron chi connectivity index (χ4n) is 1.45. The molecule has 1 aliphatic rings. The highest BCUT2D eigenvalue weighted by atomic mass is 16.5. The van der Waals surface area contributed by atoms with Crippen LogP contribution < -0.4 is 0 Å². The zero-order chi connectivity index (χ0) is 14.6. The van der Waals surface area contributed by atoms with E-state index >= 15 is 0 Å². The number of allylic oxidation sites excluding steroid dienone is 1. The van der Waals surface area contributed by atoms with E-state index in [0.29, 0.717) is 13.0 Å². The van der Waals surface area contributed by atoms with Crippen LogP contribution in [0.15, 0.2) is 24.4 Å². The standard InChI is InChI=1S/C17H16N2O/c1-3-4-5-6-7-8-9-10-11-14-19-15-12-17(13-16-19)18(2)20/h3,12,20H,1,4,13,15-16H2,2H3. The van der Waals surface area contributed by atoms with Gasteiger partial charge in [0.2, 0.25) is 0 Å². The van der Waals surface area contributed by atoms with Crippen molar-refractivity contribution in [1.29, 1.82) is 0 Å². The Balaban J connectivity index is 2.42. The van der Waals surface area contributed by atoms with Crippen LogP contribution in [0.2, 0.25) is 0 Å². The molecule has 0 atom stereocenters. The van der Waals surface area contributed by atoms with Crippen LogP contribution in [0.3, 0.4) is 0 Å². The maximum absolute atomic E-state index is 9.27. The first-order valence-electron chi connectivity index (χ1n) is 6.20. The minimum absolute atomic E-state index is 0.634. The van der Waals surface area contributed by atoms with Crippen LogP contribution in [0, 0.1) is 47.5 Å². The highest BCUT2D eigenvalue weighted by molar-refractivity contribution is 5.40. The molecule has 0 aromatic rings. The van der Waals surface area contributed by atoms with E-state index in [0.717, 1.165) is 23.7 Å². The summed E-state index contributed by atoms with van der Waals surface area (Å²) in [6, 6.07) is 2.94. The lowest BCUT2D eigenvalue weighted by Gasteiger charge is -2.25. The van der Waals surface area contributed by atoms with Crippen LogP contribution in [-0.4, -0.2) is 35.3 Å². The van der Waals surface area contributed by atoms with Crippen LogP contribution in [0.25, 0.3) is 0 Å². The van der Waals surface area contributed by atoms with E-state index in [1.807, 2.05) is 11.0 Å². The monoisotopic (exact) mass is 264 g/mol. The Morgan fingerprint density at radius 2 is 2.00 bits per heavy atom. The number of hydrogen-bond donors (Lipinski definition) is 1. The average Bonchev–Trinajstić information content (AvgIpc) is 2.46. The summed E-state index contributed by atoms with van der Waals surface area (Å²) < 4.78 is 0. The maximum atomic E-state index is 9.27. The van der Waals surface area contributed by atoms with Crippen molar-refractivity contribution in [1.82, 2.24) is 9.96 Å². The van der Waals surface area contributed by atoms with E-state index in [2.05, 4.69) is 54.1 Å². The molecule has 0 amide bonds. The minimum Gasteiger partial charge on any atom is -0.328 e. The second-order valence-electron chi connectivity index (χ2n) is 3.95. The van der Waals surface area contributed by atoms with Gasteiger partial charge >= 0.3 is 0 Å². The van der Waals surface area contributed by atoms with Crippen LogP contribution in [-0.2, 0) is 0 Å². The van der Waals surface area contributed by atoms with Crippen molar-refractivity contribution in [3.05, 3.63) is 24.4 Å². The topological polar surface area (TPSA) is 26.7 Å². The molecule has 0 saturated heterocycles. The van der Waals surface area contributed by atoms with Crippen molar-refractivity contribution < 1.29 is 5.21 Å². The first-order valence-corrected chi connectivity index (χ1v) is 6.20. The molecule has 3 nitrogen and oxygen atoms in total. The Kier molecular flexibility index (Phi) is 7.09. The van der Waals surface area contributed by atoms with Gasteiger partial charge in [0.05, 0.1) is 0 Å². The van der Waals surface area contributed by atoms with Crippen molar-refractivity contribution in [2.45, 2.75) is 12.8 Å². The van der Waals surface area contributed by atoms with Gasteiger partial charge < -0.3 is 4.90 Å². The van der Waals surface area contributed by atoms with E-state index < -0.39 is 0 Å². The predicted molar refractivity (Wildman–Crippen MR) is 79.7 cm³/mol. The molecule has 0 aliphatic carbocycles. The largest absolute Gasteiger partial charge is 0.328 e. The molecule has 1 rings (SSSR count). The van der Waals surface area contributed by atoms with Crippen LogP contribution >= 0.6 is 0 Å². The van der Waals surface area contributed by atoms with E-state index in [4.69, 9.17) is 0 Å². The molecule has 0 bridgehead atoms. The number of rotatable bonds is 2. The minimum atomic E-state index is 0.634. The van der Waals surface area contributed by atoms with Crippen LogP contribution in [0.5, 0.6) is 0 Å². The van der Waals surface area contributed by atoms with E-state index in [-0.39, 0.29) is 0 Å². The fourth-order valence-corrected chi connectivity index (χ4v) is 1.45. The molecule has 100 valence electrons. The lowest BCUT2D eigenvalue weighted by atomic mass is 10.2. The van der Waals surface area contributed by atoms with Crippen LogP contribution in [0.1, 0.15) is 12.8 Å². The molecule has 1 heterocycles. The number of hydrogen-bond acceptors (Lipinski definition) is 3. The second-order valence-corrected chi connectivity index (χ2v) is 3.95. The molecule has 1 aliphatic heterocycles. The lowest BCUT2D eigenvalue weighted by Crippen LogP contribution is -2.28. The van der Waals surface area contributed by atoms with Crippen molar-refractivity contribution in [3.63, 3.8) is 0 Å². The first kappa shape index (κ1) is 15.3. The van der Waals surface area contributed by atoms with Gasteiger partial charge in [0.15, 0.2) is 0 Å². The molecule has 0 unspecified atom stereocenters. The normalized spacial score (nSPS) is 11.9. The first-order chi connectivity index (χ1) is 9.74. The number of nitrogens with zero attached hydrogens (tertiary/aromatic N) is 2. The Labute approximate surface area is 120 Å². The van der Waals surface area contributed by atoms with Crippen molar-refractivity contribution in [3.8, 4) is 47.5 Å². The van der Waals surface area contributed by atoms with E-state index in [1.165, 1.54) is 0 Å². The fraction of sp³-hybridized carbons (Fsp3) is 0.294. The molecular weight excluding hydrogens is 248 g/mol. The predicted octanol–water partition coefficient (Wildman–Crippen LogP) is 1.44. The van der Waals surface area contributed by atoms with Gasteiger partial charge in [-0.15, -0.1) is 6.58 Å². The molecule has 1 N–H and O–H groups in total. The summed E-state index contributed by atoms with van der Waals surface area (Å²) in [6.07, 6.45) is 5.07. The maximum Gasteiger partial charge on any atom is 0.0462 e. The van der Waals surface area contributed by atoms with Crippen molar-refractivity contribution in [2.24, 2.45) is 0 Å². The van der Waals surface area contributed by atoms with Gasteiger partial charge in [0.25, 0.3) is 0 Å². The summed E-state index contributed by atoms with van der Waals surface area (Å²) >= 11 is 0. The second kappa shape index (κ2) is 9.24. The average molecular weight is 264 g/mol. The number of hydroxylamine groups is 2. The van der Waals surface area contributed by atoms with Gasteiger partial charge in [0.1, 0.15) is 0 Å². The Morgan fingerprint density at radius 1 is 1.30 bits per heavy atom. The van der Waals surface area contributed by atoms with Gasteiger partial charge in [-0.3, -0.25) is 10.3 Å². The molecule has 3 heteroatoms.